The van der Waals surface area contributed by atoms with Gasteiger partial charge in [0.05, 0.1) is 0 Å². The molecule has 1 aliphatic carbocycles. The molecular formula is C19H19FO. The third-order valence-electron chi connectivity index (χ3n) is 4.29. The maximum Gasteiger partial charge on any atom is 0.163 e. The molecule has 0 radical (unpaired) electrons. The largest absolute Gasteiger partial charge is 0.294 e. The number of carbonyl (C=O) groups excluding carboxylic acids is 1. The Balaban J connectivity index is 1.82. The van der Waals surface area contributed by atoms with Crippen LogP contribution in [0.5, 0.6) is 0 Å². The highest BCUT2D eigenvalue weighted by Gasteiger charge is 2.23. The molecule has 0 aliphatic heterocycles. The molecule has 21 heavy (non-hydrogen) atoms. The van der Waals surface area contributed by atoms with Gasteiger partial charge in [-0.3, -0.25) is 4.79 Å². The van der Waals surface area contributed by atoms with E-state index in [4.69, 9.17) is 0 Å². The highest BCUT2D eigenvalue weighted by molar-refractivity contribution is 5.96. The first kappa shape index (κ1) is 14.0. The van der Waals surface area contributed by atoms with Gasteiger partial charge in [0.2, 0.25) is 0 Å². The summed E-state index contributed by atoms with van der Waals surface area (Å²) in [5, 5.41) is 0. The Morgan fingerprint density at radius 1 is 1.24 bits per heavy atom. The number of benzene rings is 2. The molecule has 1 aliphatic rings. The van der Waals surface area contributed by atoms with Crippen molar-refractivity contribution in [1.82, 2.24) is 0 Å². The molecule has 2 heteroatoms. The smallest absolute Gasteiger partial charge is 0.163 e. The zero-order chi connectivity index (χ0) is 14.8. The lowest BCUT2D eigenvalue weighted by Crippen LogP contribution is -2.14. The summed E-state index contributed by atoms with van der Waals surface area (Å²) in [6.45, 7) is 1.82. The van der Waals surface area contributed by atoms with Gasteiger partial charge in [0, 0.05) is 12.0 Å². The summed E-state index contributed by atoms with van der Waals surface area (Å²) < 4.78 is 13.5. The molecule has 108 valence electrons. The Morgan fingerprint density at radius 3 is 2.86 bits per heavy atom. The molecule has 0 spiro atoms. The SMILES string of the molecule is Cc1cc(F)cc(C(=O)CC2CCCc3ccccc32)c1. The summed E-state index contributed by atoms with van der Waals surface area (Å²) in [6, 6.07) is 12.9. The molecule has 1 nitrogen and oxygen atoms in total. The number of ketones is 1. The fourth-order valence-corrected chi connectivity index (χ4v) is 3.31. The van der Waals surface area contributed by atoms with Crippen LogP contribution in [0, 0.1) is 12.7 Å². The summed E-state index contributed by atoms with van der Waals surface area (Å²) in [5.74, 6) is -0.0206. The van der Waals surface area contributed by atoms with Crippen molar-refractivity contribution in [3.8, 4) is 0 Å². The quantitative estimate of drug-likeness (QED) is 0.737. The van der Waals surface area contributed by atoms with E-state index in [1.54, 1.807) is 6.07 Å². The minimum Gasteiger partial charge on any atom is -0.294 e. The fraction of sp³-hybridized carbons (Fsp3) is 0.316. The minimum absolute atomic E-state index is 0.0410. The van der Waals surface area contributed by atoms with Crippen molar-refractivity contribution in [3.63, 3.8) is 0 Å². The zero-order valence-corrected chi connectivity index (χ0v) is 12.2. The molecule has 0 heterocycles. The van der Waals surface area contributed by atoms with Crippen LogP contribution in [0.4, 0.5) is 4.39 Å². The van der Waals surface area contributed by atoms with Crippen molar-refractivity contribution in [2.75, 3.05) is 0 Å². The van der Waals surface area contributed by atoms with Gasteiger partial charge >= 0.3 is 0 Å². The third kappa shape index (κ3) is 3.05. The van der Waals surface area contributed by atoms with Crippen LogP contribution in [0.3, 0.4) is 0 Å². The van der Waals surface area contributed by atoms with Crippen LogP contribution in [0.25, 0.3) is 0 Å². The summed E-state index contributed by atoms with van der Waals surface area (Å²) in [7, 11) is 0. The Bertz CT molecular complexity index is 655. The molecule has 0 N–H and O–H groups in total. The van der Waals surface area contributed by atoms with E-state index in [-0.39, 0.29) is 17.5 Å². The second-order valence-corrected chi connectivity index (χ2v) is 5.93. The molecule has 3 rings (SSSR count). The Labute approximate surface area is 124 Å². The van der Waals surface area contributed by atoms with Crippen LogP contribution in [-0.2, 0) is 6.42 Å². The fourth-order valence-electron chi connectivity index (χ4n) is 3.31. The first-order chi connectivity index (χ1) is 10.1. The van der Waals surface area contributed by atoms with E-state index in [0.717, 1.165) is 24.8 Å². The molecular weight excluding hydrogens is 263 g/mol. The second-order valence-electron chi connectivity index (χ2n) is 5.93. The maximum atomic E-state index is 13.5. The van der Waals surface area contributed by atoms with Gasteiger partial charge in [0.1, 0.15) is 5.82 Å². The average molecular weight is 282 g/mol. The minimum atomic E-state index is -0.331. The first-order valence-corrected chi connectivity index (χ1v) is 7.51. The molecule has 1 atom stereocenters. The standard InChI is InChI=1S/C19H19FO/c1-13-9-16(11-17(20)10-13)19(21)12-15-7-4-6-14-5-2-3-8-18(14)15/h2-3,5,8-11,15H,4,6-7,12H2,1H3. The van der Waals surface area contributed by atoms with E-state index < -0.39 is 0 Å². The van der Waals surface area contributed by atoms with E-state index in [2.05, 4.69) is 18.2 Å². The molecule has 2 aromatic carbocycles. The first-order valence-electron chi connectivity index (χ1n) is 7.51. The van der Waals surface area contributed by atoms with Gasteiger partial charge in [-0.2, -0.15) is 0 Å². The molecule has 0 amide bonds. The zero-order valence-electron chi connectivity index (χ0n) is 12.2. The summed E-state index contributed by atoms with van der Waals surface area (Å²) in [4.78, 5) is 12.5. The molecule has 1 unspecified atom stereocenters. The number of hydrogen-bond acceptors (Lipinski definition) is 1. The Morgan fingerprint density at radius 2 is 2.05 bits per heavy atom. The number of carbonyl (C=O) groups is 1. The van der Waals surface area contributed by atoms with Gasteiger partial charge in [0.25, 0.3) is 0 Å². The van der Waals surface area contributed by atoms with Crippen molar-refractivity contribution < 1.29 is 9.18 Å². The summed E-state index contributed by atoms with van der Waals surface area (Å²) in [6.07, 6.45) is 3.73. The van der Waals surface area contributed by atoms with Gasteiger partial charge in [0.15, 0.2) is 5.78 Å². The van der Waals surface area contributed by atoms with Crippen LogP contribution in [0.1, 0.15) is 52.2 Å². The normalized spacial score (nSPS) is 17.3. The van der Waals surface area contributed by atoms with E-state index in [9.17, 15) is 9.18 Å². The van der Waals surface area contributed by atoms with Gasteiger partial charge in [-0.25, -0.2) is 4.39 Å². The van der Waals surface area contributed by atoms with E-state index in [0.29, 0.717) is 12.0 Å². The highest BCUT2D eigenvalue weighted by Crippen LogP contribution is 2.34. The van der Waals surface area contributed by atoms with Crippen LogP contribution >= 0.6 is 0 Å². The lowest BCUT2D eigenvalue weighted by Gasteiger charge is -2.25. The predicted molar refractivity (Wildman–Crippen MR) is 82.2 cm³/mol. The highest BCUT2D eigenvalue weighted by atomic mass is 19.1. The lowest BCUT2D eigenvalue weighted by molar-refractivity contribution is 0.0970. The van der Waals surface area contributed by atoms with E-state index >= 15 is 0 Å². The van der Waals surface area contributed by atoms with Gasteiger partial charge in [-0.05, 0) is 67.0 Å². The molecule has 2 aromatic rings. The molecule has 0 bridgehead atoms. The number of aryl methyl sites for hydroxylation is 2. The summed E-state index contributed by atoms with van der Waals surface area (Å²) in [5.41, 5.74) is 3.94. The van der Waals surface area contributed by atoms with Crippen molar-refractivity contribution in [2.24, 2.45) is 0 Å². The molecule has 0 aromatic heterocycles. The maximum absolute atomic E-state index is 13.5. The predicted octanol–water partition coefficient (Wildman–Crippen LogP) is 4.83. The Hall–Kier alpha value is -1.96. The van der Waals surface area contributed by atoms with Crippen molar-refractivity contribution in [3.05, 3.63) is 70.5 Å². The van der Waals surface area contributed by atoms with Crippen LogP contribution in [-0.4, -0.2) is 5.78 Å². The molecule has 0 fully saturated rings. The van der Waals surface area contributed by atoms with Gasteiger partial charge in [-0.15, -0.1) is 0 Å². The van der Waals surface area contributed by atoms with Gasteiger partial charge < -0.3 is 0 Å². The average Bonchev–Trinajstić information content (AvgIpc) is 2.46. The number of fused-ring (bicyclic) bond motifs is 1. The monoisotopic (exact) mass is 282 g/mol. The third-order valence-corrected chi connectivity index (χ3v) is 4.29. The topological polar surface area (TPSA) is 17.1 Å². The lowest BCUT2D eigenvalue weighted by atomic mass is 9.79. The molecule has 0 saturated carbocycles. The van der Waals surface area contributed by atoms with Crippen LogP contribution < -0.4 is 0 Å². The van der Waals surface area contributed by atoms with Crippen molar-refractivity contribution >= 4 is 5.78 Å². The number of rotatable bonds is 3. The second kappa shape index (κ2) is 5.80. The van der Waals surface area contributed by atoms with E-state index in [1.165, 1.54) is 23.3 Å². The van der Waals surface area contributed by atoms with Crippen molar-refractivity contribution in [1.29, 1.82) is 0 Å². The van der Waals surface area contributed by atoms with E-state index in [1.807, 2.05) is 13.0 Å². The van der Waals surface area contributed by atoms with Crippen LogP contribution in [0.15, 0.2) is 42.5 Å². The number of hydrogen-bond donors (Lipinski definition) is 0. The number of Topliss-reactive ketones (excluding diaryl/α,β-unsaturated/α-hetero) is 1. The number of halogens is 1. The van der Waals surface area contributed by atoms with Crippen LogP contribution in [0.2, 0.25) is 0 Å². The van der Waals surface area contributed by atoms with Crippen molar-refractivity contribution in [2.45, 2.75) is 38.5 Å². The molecule has 0 saturated heterocycles. The Kier molecular flexibility index (Phi) is 3.87. The summed E-state index contributed by atoms with van der Waals surface area (Å²) >= 11 is 0. The van der Waals surface area contributed by atoms with Gasteiger partial charge in [-0.1, -0.05) is 24.3 Å².